The summed E-state index contributed by atoms with van der Waals surface area (Å²) in [5.41, 5.74) is 0.652. The summed E-state index contributed by atoms with van der Waals surface area (Å²) in [7, 11) is 0. The van der Waals surface area contributed by atoms with Crippen LogP contribution in [0.1, 0.15) is 30.3 Å². The lowest BCUT2D eigenvalue weighted by Gasteiger charge is -2.38. The molecule has 0 spiro atoms. The van der Waals surface area contributed by atoms with Gasteiger partial charge in [0.25, 0.3) is 11.6 Å². The number of fused-ring (bicyclic) bond motifs is 1. The number of aliphatic hydroxyl groups is 1. The van der Waals surface area contributed by atoms with Crippen molar-refractivity contribution in [3.05, 3.63) is 34.0 Å². The standard InChI is InChI=1S/C15H18N4O4/c1-9-3-2-6-18(13(9)8-20)15(21)14-11-7-10(19(22)23)4-5-12(11)16-17-14/h4-5,7,9,13,20H,2-3,6,8H2,1H3,(H,16,17). The number of nitrogens with zero attached hydrogens (tertiary/aromatic N) is 3. The molecule has 1 amide bonds. The third kappa shape index (κ3) is 2.65. The first-order valence-corrected chi connectivity index (χ1v) is 7.57. The minimum atomic E-state index is -0.500. The molecule has 0 radical (unpaired) electrons. The highest BCUT2D eigenvalue weighted by atomic mass is 16.6. The lowest BCUT2D eigenvalue weighted by atomic mass is 9.91. The van der Waals surface area contributed by atoms with E-state index in [4.69, 9.17) is 0 Å². The van der Waals surface area contributed by atoms with Crippen LogP contribution in [0.2, 0.25) is 0 Å². The summed E-state index contributed by atoms with van der Waals surface area (Å²) in [6.07, 6.45) is 1.83. The van der Waals surface area contributed by atoms with Crippen LogP contribution in [0.4, 0.5) is 5.69 Å². The van der Waals surface area contributed by atoms with Crippen LogP contribution >= 0.6 is 0 Å². The number of aliphatic hydroxyl groups excluding tert-OH is 1. The van der Waals surface area contributed by atoms with Crippen molar-refractivity contribution >= 4 is 22.5 Å². The van der Waals surface area contributed by atoms with Crippen molar-refractivity contribution < 1.29 is 14.8 Å². The molecule has 1 aromatic carbocycles. The molecule has 2 aromatic rings. The molecule has 0 saturated carbocycles. The van der Waals surface area contributed by atoms with E-state index in [-0.39, 0.29) is 35.9 Å². The molecule has 8 heteroatoms. The molecular weight excluding hydrogens is 300 g/mol. The van der Waals surface area contributed by atoms with Crippen molar-refractivity contribution in [2.45, 2.75) is 25.8 Å². The number of nitro groups is 1. The first kappa shape index (κ1) is 15.4. The zero-order chi connectivity index (χ0) is 16.6. The number of nitro benzene ring substituents is 1. The van der Waals surface area contributed by atoms with E-state index in [1.807, 2.05) is 6.92 Å². The van der Waals surface area contributed by atoms with Crippen molar-refractivity contribution in [1.82, 2.24) is 15.1 Å². The number of piperidine rings is 1. The molecule has 0 aliphatic carbocycles. The number of nitrogens with one attached hydrogen (secondary N) is 1. The van der Waals surface area contributed by atoms with Gasteiger partial charge in [0.05, 0.1) is 23.1 Å². The predicted molar refractivity (Wildman–Crippen MR) is 83.1 cm³/mol. The number of amides is 1. The molecule has 1 fully saturated rings. The highest BCUT2D eigenvalue weighted by Crippen LogP contribution is 2.27. The Bertz CT molecular complexity index is 757. The first-order valence-electron chi connectivity index (χ1n) is 7.57. The average Bonchev–Trinajstić information content (AvgIpc) is 2.96. The van der Waals surface area contributed by atoms with Crippen LogP contribution in [-0.2, 0) is 0 Å². The van der Waals surface area contributed by atoms with Crippen LogP contribution in [-0.4, -0.2) is 50.2 Å². The number of carbonyl (C=O) groups is 1. The molecule has 1 aliphatic heterocycles. The molecular formula is C15H18N4O4. The summed E-state index contributed by atoms with van der Waals surface area (Å²) in [6, 6.07) is 4.02. The summed E-state index contributed by atoms with van der Waals surface area (Å²) >= 11 is 0. The summed E-state index contributed by atoms with van der Waals surface area (Å²) in [5, 5.41) is 27.7. The Hall–Kier alpha value is -2.48. The second kappa shape index (κ2) is 5.96. The van der Waals surface area contributed by atoms with Gasteiger partial charge in [-0.15, -0.1) is 0 Å². The second-order valence-corrected chi connectivity index (χ2v) is 5.93. The third-order valence-electron chi connectivity index (χ3n) is 4.52. The van der Waals surface area contributed by atoms with E-state index < -0.39 is 4.92 Å². The molecule has 1 aromatic heterocycles. The summed E-state index contributed by atoms with van der Waals surface area (Å²) in [6.45, 7) is 2.46. The smallest absolute Gasteiger partial charge is 0.275 e. The van der Waals surface area contributed by atoms with Gasteiger partial charge in [-0.2, -0.15) is 5.10 Å². The topological polar surface area (TPSA) is 112 Å². The van der Waals surface area contributed by atoms with Crippen LogP contribution in [0, 0.1) is 16.0 Å². The maximum absolute atomic E-state index is 12.8. The molecule has 0 bridgehead atoms. The summed E-state index contributed by atoms with van der Waals surface area (Å²) < 4.78 is 0. The average molecular weight is 318 g/mol. The zero-order valence-electron chi connectivity index (χ0n) is 12.7. The van der Waals surface area contributed by atoms with Crippen molar-refractivity contribution in [3.63, 3.8) is 0 Å². The van der Waals surface area contributed by atoms with Gasteiger partial charge in [-0.3, -0.25) is 20.0 Å². The molecule has 1 saturated heterocycles. The number of H-pyrrole nitrogens is 1. The number of carbonyl (C=O) groups excluding carboxylic acids is 1. The predicted octanol–water partition coefficient (Wildman–Crippen LogP) is 1.70. The highest BCUT2D eigenvalue weighted by molar-refractivity contribution is 6.05. The maximum Gasteiger partial charge on any atom is 0.275 e. The molecule has 8 nitrogen and oxygen atoms in total. The Morgan fingerprint density at radius 1 is 1.57 bits per heavy atom. The van der Waals surface area contributed by atoms with Gasteiger partial charge in [-0.05, 0) is 24.8 Å². The molecule has 1 aliphatic rings. The van der Waals surface area contributed by atoms with Crippen molar-refractivity contribution in [1.29, 1.82) is 0 Å². The number of non-ortho nitro benzene ring substituents is 1. The molecule has 3 rings (SSSR count). The minimum Gasteiger partial charge on any atom is -0.394 e. The lowest BCUT2D eigenvalue weighted by Crippen LogP contribution is -2.49. The van der Waals surface area contributed by atoms with Gasteiger partial charge < -0.3 is 10.0 Å². The van der Waals surface area contributed by atoms with Crippen LogP contribution in [0.5, 0.6) is 0 Å². The SMILES string of the molecule is CC1CCCN(C(=O)c2n[nH]c3ccc([N+](=O)[O-])cc23)C1CO. The third-order valence-corrected chi connectivity index (χ3v) is 4.52. The monoisotopic (exact) mass is 318 g/mol. The number of aromatic nitrogens is 2. The number of likely N-dealkylation sites (tertiary alicyclic amines) is 1. The van der Waals surface area contributed by atoms with Crippen molar-refractivity contribution in [2.24, 2.45) is 5.92 Å². The van der Waals surface area contributed by atoms with E-state index in [1.54, 1.807) is 11.0 Å². The Labute approximate surface area is 132 Å². The van der Waals surface area contributed by atoms with E-state index in [1.165, 1.54) is 12.1 Å². The summed E-state index contributed by atoms with van der Waals surface area (Å²) in [5.74, 6) is -0.0976. The van der Waals surface area contributed by atoms with Gasteiger partial charge in [-0.25, -0.2) is 0 Å². The number of rotatable bonds is 3. The van der Waals surface area contributed by atoms with Crippen LogP contribution in [0.3, 0.4) is 0 Å². The van der Waals surface area contributed by atoms with Crippen molar-refractivity contribution in [3.8, 4) is 0 Å². The van der Waals surface area contributed by atoms with E-state index in [0.29, 0.717) is 17.4 Å². The molecule has 2 heterocycles. The minimum absolute atomic E-state index is 0.0846. The largest absolute Gasteiger partial charge is 0.394 e. The maximum atomic E-state index is 12.8. The fraction of sp³-hybridized carbons (Fsp3) is 0.467. The van der Waals surface area contributed by atoms with Crippen LogP contribution in [0.15, 0.2) is 18.2 Å². The van der Waals surface area contributed by atoms with Gasteiger partial charge in [-0.1, -0.05) is 6.92 Å². The lowest BCUT2D eigenvalue weighted by molar-refractivity contribution is -0.384. The van der Waals surface area contributed by atoms with E-state index in [2.05, 4.69) is 10.2 Å². The zero-order valence-corrected chi connectivity index (χ0v) is 12.7. The molecule has 122 valence electrons. The van der Waals surface area contributed by atoms with Gasteiger partial charge in [0, 0.05) is 24.1 Å². The van der Waals surface area contributed by atoms with Crippen LogP contribution in [0.25, 0.3) is 10.9 Å². The fourth-order valence-electron chi connectivity index (χ4n) is 3.19. The fourth-order valence-corrected chi connectivity index (χ4v) is 3.19. The molecule has 2 N–H and O–H groups in total. The van der Waals surface area contributed by atoms with E-state index in [0.717, 1.165) is 12.8 Å². The van der Waals surface area contributed by atoms with Gasteiger partial charge in [0.15, 0.2) is 5.69 Å². The van der Waals surface area contributed by atoms with E-state index in [9.17, 15) is 20.0 Å². The molecule has 2 unspecified atom stereocenters. The number of hydrogen-bond donors (Lipinski definition) is 2. The first-order chi connectivity index (χ1) is 11.0. The quantitative estimate of drug-likeness (QED) is 0.660. The Morgan fingerprint density at radius 3 is 3.04 bits per heavy atom. The van der Waals surface area contributed by atoms with Crippen LogP contribution < -0.4 is 0 Å². The number of aromatic amines is 1. The Kier molecular flexibility index (Phi) is 3.99. The van der Waals surface area contributed by atoms with Gasteiger partial charge >= 0.3 is 0 Å². The van der Waals surface area contributed by atoms with Gasteiger partial charge in [0.2, 0.25) is 0 Å². The summed E-state index contributed by atoms with van der Waals surface area (Å²) in [4.78, 5) is 24.9. The van der Waals surface area contributed by atoms with E-state index >= 15 is 0 Å². The highest BCUT2D eigenvalue weighted by Gasteiger charge is 2.33. The van der Waals surface area contributed by atoms with Gasteiger partial charge in [0.1, 0.15) is 0 Å². The number of hydrogen-bond acceptors (Lipinski definition) is 5. The molecule has 23 heavy (non-hydrogen) atoms. The Morgan fingerprint density at radius 2 is 2.35 bits per heavy atom. The second-order valence-electron chi connectivity index (χ2n) is 5.93. The number of benzene rings is 1. The Balaban J connectivity index is 2.00. The molecule has 2 atom stereocenters. The van der Waals surface area contributed by atoms with Crippen molar-refractivity contribution in [2.75, 3.05) is 13.2 Å². The normalized spacial score (nSPS) is 21.6.